The number of nitrogens with one attached hydrogen (secondary N) is 1. The molecule has 1 N–H and O–H groups in total. The van der Waals surface area contributed by atoms with E-state index in [1.165, 1.54) is 0 Å². The second kappa shape index (κ2) is 12.8. The van der Waals surface area contributed by atoms with E-state index in [0.717, 1.165) is 18.5 Å². The number of halogens is 3. The lowest BCUT2D eigenvalue weighted by atomic mass is 9.92. The molecule has 0 saturated heterocycles. The molecule has 8 nitrogen and oxygen atoms in total. The van der Waals surface area contributed by atoms with Crippen LogP contribution in [0.25, 0.3) is 5.69 Å². The Morgan fingerprint density at radius 2 is 1.91 bits per heavy atom. The van der Waals surface area contributed by atoms with Crippen molar-refractivity contribution in [1.29, 1.82) is 0 Å². The lowest BCUT2D eigenvalue weighted by Crippen LogP contribution is -2.22. The number of methoxy groups -OCH3 is 1. The third kappa shape index (κ3) is 9.50. The predicted molar refractivity (Wildman–Crippen MR) is 135 cm³/mol. The maximum Gasteiger partial charge on any atom is 0.412 e. The summed E-state index contributed by atoms with van der Waals surface area (Å²) in [6.45, 7) is 8.50. The number of carbonyl (C=O) groups excluding carboxylic acids is 1. The number of aromatic nitrogens is 2. The zero-order valence-corrected chi connectivity index (χ0v) is 22.3. The van der Waals surface area contributed by atoms with Gasteiger partial charge in [-0.05, 0) is 18.6 Å². The van der Waals surface area contributed by atoms with Crippen molar-refractivity contribution in [2.75, 3.05) is 32.2 Å². The van der Waals surface area contributed by atoms with E-state index < -0.39 is 16.5 Å². The SMILES string of the molecule is CCCC(OC)OCCOc1cccc(-n2nc(C(C)(C)C)cc2NC(=O)OCC(Cl)(Cl)Cl)c1. The van der Waals surface area contributed by atoms with Gasteiger partial charge >= 0.3 is 6.09 Å². The summed E-state index contributed by atoms with van der Waals surface area (Å²) in [5, 5.41) is 7.34. The first-order valence-electron chi connectivity index (χ1n) is 10.9. The molecule has 1 atom stereocenters. The zero-order valence-electron chi connectivity index (χ0n) is 20.1. The summed E-state index contributed by atoms with van der Waals surface area (Å²) in [5.74, 6) is 1.03. The van der Waals surface area contributed by atoms with E-state index in [2.05, 4.69) is 17.3 Å². The highest BCUT2D eigenvalue weighted by Crippen LogP contribution is 2.29. The Bertz CT molecular complexity index is 925. The first-order chi connectivity index (χ1) is 15.9. The summed E-state index contributed by atoms with van der Waals surface area (Å²) in [5.41, 5.74) is 1.20. The third-order valence-electron chi connectivity index (χ3n) is 4.58. The van der Waals surface area contributed by atoms with Crippen LogP contribution in [-0.2, 0) is 19.6 Å². The van der Waals surface area contributed by atoms with Crippen LogP contribution in [0.15, 0.2) is 30.3 Å². The summed E-state index contributed by atoms with van der Waals surface area (Å²) in [6, 6.07) is 9.11. The van der Waals surface area contributed by atoms with Gasteiger partial charge in [0, 0.05) is 24.7 Å². The molecule has 0 aliphatic rings. The predicted octanol–water partition coefficient (Wildman–Crippen LogP) is 6.26. The van der Waals surface area contributed by atoms with Gasteiger partial charge in [0.05, 0.1) is 18.0 Å². The van der Waals surface area contributed by atoms with Gasteiger partial charge in [0.1, 0.15) is 24.8 Å². The first-order valence-corrected chi connectivity index (χ1v) is 12.0. The summed E-state index contributed by atoms with van der Waals surface area (Å²) in [6.07, 6.45) is 0.782. The van der Waals surface area contributed by atoms with Crippen LogP contribution in [-0.4, -0.2) is 52.9 Å². The van der Waals surface area contributed by atoms with E-state index in [-0.39, 0.29) is 11.7 Å². The van der Waals surface area contributed by atoms with Crippen molar-refractivity contribution in [2.45, 2.75) is 56.0 Å². The molecule has 190 valence electrons. The van der Waals surface area contributed by atoms with Crippen LogP contribution < -0.4 is 10.1 Å². The first kappa shape index (κ1) is 28.5. The second-order valence-corrected chi connectivity index (χ2v) is 11.1. The largest absolute Gasteiger partial charge is 0.491 e. The normalized spacial score (nSPS) is 12.9. The van der Waals surface area contributed by atoms with E-state index in [4.69, 9.17) is 53.8 Å². The van der Waals surface area contributed by atoms with Crippen molar-refractivity contribution in [2.24, 2.45) is 0 Å². The van der Waals surface area contributed by atoms with E-state index in [1.807, 2.05) is 45.0 Å². The van der Waals surface area contributed by atoms with E-state index >= 15 is 0 Å². The molecule has 0 saturated carbocycles. The molecule has 2 rings (SSSR count). The molecular formula is C23H32Cl3N3O5. The number of amides is 1. The minimum Gasteiger partial charge on any atom is -0.491 e. The fraction of sp³-hybridized carbons (Fsp3) is 0.565. The van der Waals surface area contributed by atoms with Crippen LogP contribution in [0, 0.1) is 0 Å². The highest BCUT2D eigenvalue weighted by Gasteiger charge is 2.24. The fourth-order valence-corrected chi connectivity index (χ4v) is 3.03. The Morgan fingerprint density at radius 1 is 1.18 bits per heavy atom. The zero-order chi connectivity index (χ0) is 25.4. The van der Waals surface area contributed by atoms with Gasteiger partial charge in [0.2, 0.25) is 3.79 Å². The average Bonchev–Trinajstić information content (AvgIpc) is 3.18. The molecule has 2 aromatic rings. The Balaban J connectivity index is 2.15. The molecule has 0 fully saturated rings. The van der Waals surface area contributed by atoms with Gasteiger partial charge in [0.15, 0.2) is 6.29 Å². The number of rotatable bonds is 11. The number of benzene rings is 1. The molecule has 11 heteroatoms. The lowest BCUT2D eigenvalue weighted by molar-refractivity contribution is -0.131. The Morgan fingerprint density at radius 3 is 2.53 bits per heavy atom. The number of hydrogen-bond acceptors (Lipinski definition) is 6. The van der Waals surface area contributed by atoms with Crippen LogP contribution in [0.2, 0.25) is 0 Å². The van der Waals surface area contributed by atoms with E-state index in [9.17, 15) is 4.79 Å². The molecule has 1 heterocycles. The summed E-state index contributed by atoms with van der Waals surface area (Å²) < 4.78 is 21.7. The van der Waals surface area contributed by atoms with Gasteiger partial charge in [-0.2, -0.15) is 5.10 Å². The molecule has 0 spiro atoms. The van der Waals surface area contributed by atoms with Gasteiger partial charge in [-0.1, -0.05) is 75.0 Å². The molecule has 1 unspecified atom stereocenters. The van der Waals surface area contributed by atoms with Crippen molar-refractivity contribution in [1.82, 2.24) is 9.78 Å². The van der Waals surface area contributed by atoms with Gasteiger partial charge in [-0.3, -0.25) is 5.32 Å². The van der Waals surface area contributed by atoms with Gasteiger partial charge < -0.3 is 18.9 Å². The minimum absolute atomic E-state index is 0.241. The highest BCUT2D eigenvalue weighted by atomic mass is 35.6. The molecule has 0 radical (unpaired) electrons. The Labute approximate surface area is 215 Å². The smallest absolute Gasteiger partial charge is 0.412 e. The summed E-state index contributed by atoms with van der Waals surface area (Å²) in [7, 11) is 1.62. The Hall–Kier alpha value is -1.71. The van der Waals surface area contributed by atoms with Gasteiger partial charge in [-0.15, -0.1) is 0 Å². The molecular weight excluding hydrogens is 505 g/mol. The molecule has 1 aromatic heterocycles. The monoisotopic (exact) mass is 535 g/mol. The lowest BCUT2D eigenvalue weighted by Gasteiger charge is -2.16. The van der Waals surface area contributed by atoms with Crippen LogP contribution in [0.3, 0.4) is 0 Å². The van der Waals surface area contributed by atoms with Crippen LogP contribution in [0.1, 0.15) is 46.2 Å². The quantitative estimate of drug-likeness (QED) is 0.207. The second-order valence-electron chi connectivity index (χ2n) is 8.56. The number of anilines is 1. The maximum absolute atomic E-state index is 12.3. The van der Waals surface area contributed by atoms with Crippen LogP contribution >= 0.6 is 34.8 Å². The standard InChI is InChI=1S/C23H32Cl3N3O5/c1-6-8-20(31-5)33-12-11-32-17-10-7-9-16(13-17)29-19(14-18(28-29)22(2,3)4)27-21(30)34-15-23(24,25)26/h7,9-10,13-14,20H,6,8,11-12,15H2,1-5H3,(H,27,30). The molecule has 0 aliphatic carbocycles. The topological polar surface area (TPSA) is 83.8 Å². The van der Waals surface area contributed by atoms with E-state index in [0.29, 0.717) is 30.5 Å². The van der Waals surface area contributed by atoms with Crippen molar-refractivity contribution in [3.8, 4) is 11.4 Å². The van der Waals surface area contributed by atoms with E-state index in [1.54, 1.807) is 17.9 Å². The average molecular weight is 537 g/mol. The van der Waals surface area contributed by atoms with Crippen LogP contribution in [0.4, 0.5) is 10.6 Å². The molecule has 0 bridgehead atoms. The minimum atomic E-state index is -1.71. The fourth-order valence-electron chi connectivity index (χ4n) is 2.87. The number of carbonyl (C=O) groups is 1. The maximum atomic E-state index is 12.3. The molecule has 1 amide bonds. The third-order valence-corrected chi connectivity index (χ3v) is 4.91. The number of nitrogens with zero attached hydrogens (tertiary/aromatic N) is 2. The molecule has 1 aromatic carbocycles. The summed E-state index contributed by atoms with van der Waals surface area (Å²) >= 11 is 17.0. The number of ether oxygens (including phenoxy) is 4. The van der Waals surface area contributed by atoms with Gasteiger partial charge in [-0.25, -0.2) is 9.48 Å². The highest BCUT2D eigenvalue weighted by molar-refractivity contribution is 6.67. The molecule has 0 aliphatic heterocycles. The Kier molecular flexibility index (Phi) is 10.8. The number of hydrogen-bond donors (Lipinski definition) is 1. The van der Waals surface area contributed by atoms with Gasteiger partial charge in [0.25, 0.3) is 0 Å². The number of alkyl halides is 3. The van der Waals surface area contributed by atoms with Crippen molar-refractivity contribution < 1.29 is 23.7 Å². The van der Waals surface area contributed by atoms with Crippen LogP contribution in [0.5, 0.6) is 5.75 Å². The van der Waals surface area contributed by atoms with Crippen molar-refractivity contribution >= 4 is 46.7 Å². The van der Waals surface area contributed by atoms with Crippen molar-refractivity contribution in [3.05, 3.63) is 36.0 Å². The van der Waals surface area contributed by atoms with Crippen molar-refractivity contribution in [3.63, 3.8) is 0 Å². The summed E-state index contributed by atoms with van der Waals surface area (Å²) in [4.78, 5) is 12.3. The molecule has 34 heavy (non-hydrogen) atoms.